The first-order chi connectivity index (χ1) is 9.90. The molecule has 0 saturated heterocycles. The number of hydrogen-bond acceptors (Lipinski definition) is 3. The van der Waals surface area contributed by atoms with Crippen molar-refractivity contribution in [2.24, 2.45) is 5.41 Å². The topological polar surface area (TPSA) is 108 Å². The summed E-state index contributed by atoms with van der Waals surface area (Å²) in [4.78, 5) is 34.4. The Labute approximate surface area is 124 Å². The average Bonchev–Trinajstić information content (AvgIpc) is 2.79. The molecule has 0 aromatic carbocycles. The van der Waals surface area contributed by atoms with Crippen molar-refractivity contribution >= 4 is 17.9 Å². The van der Waals surface area contributed by atoms with Crippen LogP contribution in [0.1, 0.15) is 46.0 Å². The number of amides is 3. The summed E-state index contributed by atoms with van der Waals surface area (Å²) in [6.07, 6.45) is 3.09. The number of carboxylic acid groups (broad SMARTS) is 1. The maximum Gasteiger partial charge on any atom is 0.315 e. The van der Waals surface area contributed by atoms with Crippen LogP contribution in [0.5, 0.6) is 0 Å². The number of carboxylic acids is 1. The zero-order chi connectivity index (χ0) is 15.9. The quantitative estimate of drug-likeness (QED) is 0.559. The molecule has 3 amide bonds. The molecular formula is C14H25N3O4. The maximum atomic E-state index is 11.8. The fourth-order valence-electron chi connectivity index (χ4n) is 2.51. The van der Waals surface area contributed by atoms with E-state index in [0.29, 0.717) is 19.4 Å². The predicted octanol–water partition coefficient (Wildman–Crippen LogP) is 0.845. The average molecular weight is 299 g/mol. The number of rotatable bonds is 7. The highest BCUT2D eigenvalue weighted by Gasteiger charge is 2.45. The minimum absolute atomic E-state index is 0.103. The van der Waals surface area contributed by atoms with Gasteiger partial charge in [-0.15, -0.1) is 0 Å². The molecule has 1 rings (SSSR count). The van der Waals surface area contributed by atoms with Crippen LogP contribution >= 0.6 is 0 Å². The summed E-state index contributed by atoms with van der Waals surface area (Å²) in [5.74, 6) is -0.988. The summed E-state index contributed by atoms with van der Waals surface area (Å²) in [5, 5.41) is 17.3. The molecule has 2 atom stereocenters. The Balaban J connectivity index is 2.31. The van der Waals surface area contributed by atoms with Crippen molar-refractivity contribution < 1.29 is 19.5 Å². The lowest BCUT2D eigenvalue weighted by atomic mass is 9.85. The molecule has 120 valence electrons. The molecular weight excluding hydrogens is 274 g/mol. The monoisotopic (exact) mass is 299 g/mol. The molecule has 0 heterocycles. The van der Waals surface area contributed by atoms with Gasteiger partial charge in [0.05, 0.1) is 5.41 Å². The van der Waals surface area contributed by atoms with E-state index in [-0.39, 0.29) is 24.9 Å². The second kappa shape index (κ2) is 7.85. The van der Waals surface area contributed by atoms with Gasteiger partial charge in [-0.25, -0.2) is 4.79 Å². The van der Waals surface area contributed by atoms with Gasteiger partial charge in [-0.3, -0.25) is 9.59 Å². The smallest absolute Gasteiger partial charge is 0.315 e. The van der Waals surface area contributed by atoms with Crippen molar-refractivity contribution in [1.29, 1.82) is 0 Å². The Kier molecular flexibility index (Phi) is 6.45. The molecule has 1 aliphatic rings. The van der Waals surface area contributed by atoms with E-state index in [1.54, 1.807) is 6.92 Å². The second-order valence-electron chi connectivity index (χ2n) is 5.67. The molecule has 0 bridgehead atoms. The van der Waals surface area contributed by atoms with Crippen molar-refractivity contribution in [3.63, 3.8) is 0 Å². The fraction of sp³-hybridized carbons (Fsp3) is 0.786. The van der Waals surface area contributed by atoms with Crippen molar-refractivity contribution in [3.8, 4) is 0 Å². The molecule has 0 aliphatic heterocycles. The first kappa shape index (κ1) is 17.3. The van der Waals surface area contributed by atoms with E-state index < -0.39 is 17.4 Å². The van der Waals surface area contributed by atoms with Crippen molar-refractivity contribution in [3.05, 3.63) is 0 Å². The molecule has 1 saturated carbocycles. The largest absolute Gasteiger partial charge is 0.481 e. The van der Waals surface area contributed by atoms with E-state index >= 15 is 0 Å². The standard InChI is InChI=1S/C14H25N3O4/c1-3-8-15-11(18)6-9-16-13(21)17-10-5-4-7-14(10,2)12(19)20/h10H,3-9H2,1-2H3,(H,15,18)(H,19,20)(H2,16,17,21). The van der Waals surface area contributed by atoms with Crippen LogP contribution in [0.4, 0.5) is 4.79 Å². The van der Waals surface area contributed by atoms with Gasteiger partial charge in [-0.1, -0.05) is 13.3 Å². The van der Waals surface area contributed by atoms with Gasteiger partial charge in [0.2, 0.25) is 5.91 Å². The highest BCUT2D eigenvalue weighted by molar-refractivity contribution is 5.80. The van der Waals surface area contributed by atoms with E-state index in [9.17, 15) is 19.5 Å². The molecule has 7 heteroatoms. The van der Waals surface area contributed by atoms with Crippen molar-refractivity contribution in [1.82, 2.24) is 16.0 Å². The maximum absolute atomic E-state index is 11.8. The number of urea groups is 1. The molecule has 2 unspecified atom stereocenters. The highest BCUT2D eigenvalue weighted by atomic mass is 16.4. The molecule has 4 N–H and O–H groups in total. The number of hydrogen-bond donors (Lipinski definition) is 4. The summed E-state index contributed by atoms with van der Waals surface area (Å²) in [7, 11) is 0. The summed E-state index contributed by atoms with van der Waals surface area (Å²) in [6.45, 7) is 4.49. The molecule has 0 spiro atoms. The van der Waals surface area contributed by atoms with Crippen LogP contribution < -0.4 is 16.0 Å². The normalized spacial score (nSPS) is 24.4. The first-order valence-electron chi connectivity index (χ1n) is 7.44. The van der Waals surface area contributed by atoms with Crippen LogP contribution in [0.2, 0.25) is 0 Å². The summed E-state index contributed by atoms with van der Waals surface area (Å²) in [5.41, 5.74) is -0.907. The number of nitrogens with one attached hydrogen (secondary N) is 3. The van der Waals surface area contributed by atoms with Gasteiger partial charge in [0.15, 0.2) is 0 Å². The number of aliphatic carboxylic acids is 1. The fourth-order valence-corrected chi connectivity index (χ4v) is 2.51. The van der Waals surface area contributed by atoms with Gasteiger partial charge in [-0.2, -0.15) is 0 Å². The third-order valence-electron chi connectivity index (χ3n) is 3.96. The molecule has 7 nitrogen and oxygen atoms in total. The molecule has 1 aliphatic carbocycles. The predicted molar refractivity (Wildman–Crippen MR) is 77.8 cm³/mol. The van der Waals surface area contributed by atoms with Crippen LogP contribution in [0.3, 0.4) is 0 Å². The van der Waals surface area contributed by atoms with Gasteiger partial charge >= 0.3 is 12.0 Å². The van der Waals surface area contributed by atoms with Crippen LogP contribution in [-0.2, 0) is 9.59 Å². The highest BCUT2D eigenvalue weighted by Crippen LogP contribution is 2.38. The molecule has 0 aromatic heterocycles. The lowest BCUT2D eigenvalue weighted by molar-refractivity contribution is -0.148. The summed E-state index contributed by atoms with van der Waals surface area (Å²) >= 11 is 0. The van der Waals surface area contributed by atoms with Gasteiger partial charge in [0.25, 0.3) is 0 Å². The Morgan fingerprint density at radius 2 is 1.95 bits per heavy atom. The van der Waals surface area contributed by atoms with E-state index in [1.165, 1.54) is 0 Å². The lowest BCUT2D eigenvalue weighted by Gasteiger charge is -2.27. The Hall–Kier alpha value is -1.79. The summed E-state index contributed by atoms with van der Waals surface area (Å²) < 4.78 is 0. The Morgan fingerprint density at radius 1 is 1.24 bits per heavy atom. The zero-order valence-electron chi connectivity index (χ0n) is 12.7. The molecule has 21 heavy (non-hydrogen) atoms. The second-order valence-corrected chi connectivity index (χ2v) is 5.67. The van der Waals surface area contributed by atoms with Gasteiger partial charge in [0.1, 0.15) is 0 Å². The van der Waals surface area contributed by atoms with Crippen molar-refractivity contribution in [2.75, 3.05) is 13.1 Å². The van der Waals surface area contributed by atoms with Crippen LogP contribution in [0.15, 0.2) is 0 Å². The number of carbonyl (C=O) groups excluding carboxylic acids is 2. The van der Waals surface area contributed by atoms with E-state index in [2.05, 4.69) is 16.0 Å². The molecule has 1 fully saturated rings. The van der Waals surface area contributed by atoms with Crippen LogP contribution in [-0.4, -0.2) is 42.1 Å². The Bertz CT molecular complexity index is 400. The third kappa shape index (κ3) is 4.91. The van der Waals surface area contributed by atoms with E-state index in [0.717, 1.165) is 12.8 Å². The molecule has 0 radical (unpaired) electrons. The summed E-state index contributed by atoms with van der Waals surface area (Å²) in [6, 6.07) is -0.790. The minimum Gasteiger partial charge on any atom is -0.481 e. The zero-order valence-corrected chi connectivity index (χ0v) is 12.7. The SMILES string of the molecule is CCCNC(=O)CCNC(=O)NC1CCCC1(C)C(=O)O. The number of carbonyl (C=O) groups is 3. The first-order valence-corrected chi connectivity index (χ1v) is 7.44. The molecule has 0 aromatic rings. The van der Waals surface area contributed by atoms with Gasteiger partial charge in [-0.05, 0) is 26.2 Å². The lowest BCUT2D eigenvalue weighted by Crippen LogP contribution is -2.50. The van der Waals surface area contributed by atoms with Crippen LogP contribution in [0.25, 0.3) is 0 Å². The Morgan fingerprint density at radius 3 is 2.57 bits per heavy atom. The van der Waals surface area contributed by atoms with Gasteiger partial charge in [0, 0.05) is 25.6 Å². The van der Waals surface area contributed by atoms with E-state index in [1.807, 2.05) is 6.92 Å². The minimum atomic E-state index is -0.907. The van der Waals surface area contributed by atoms with E-state index in [4.69, 9.17) is 0 Å². The van der Waals surface area contributed by atoms with Crippen molar-refractivity contribution in [2.45, 2.75) is 52.0 Å². The van der Waals surface area contributed by atoms with Gasteiger partial charge < -0.3 is 21.1 Å². The van der Waals surface area contributed by atoms with Crippen LogP contribution in [0, 0.1) is 5.41 Å². The third-order valence-corrected chi connectivity index (χ3v) is 3.96.